The first-order valence-corrected chi connectivity index (χ1v) is 5.81. The highest BCUT2D eigenvalue weighted by molar-refractivity contribution is 5.75. The van der Waals surface area contributed by atoms with Gasteiger partial charge in [0.05, 0.1) is 12.7 Å². The van der Waals surface area contributed by atoms with Crippen LogP contribution < -0.4 is 10.1 Å². The number of para-hydroxylation sites is 1. The van der Waals surface area contributed by atoms with E-state index < -0.39 is 6.10 Å². The third kappa shape index (κ3) is 6.58. The van der Waals surface area contributed by atoms with E-state index in [-0.39, 0.29) is 5.91 Å². The second-order valence-corrected chi connectivity index (χ2v) is 3.92. The highest BCUT2D eigenvalue weighted by Gasteiger charge is 2.02. The molecule has 4 heteroatoms. The van der Waals surface area contributed by atoms with E-state index in [1.807, 2.05) is 30.3 Å². The Balaban J connectivity index is 2.06. The predicted octanol–water partition coefficient (Wildman–Crippen LogP) is 1.34. The molecular weight excluding hydrogens is 218 g/mol. The SMILES string of the molecule is CC(O)CNC(=O)CCCOc1ccccc1. The summed E-state index contributed by atoms with van der Waals surface area (Å²) >= 11 is 0. The molecule has 0 bridgehead atoms. The lowest BCUT2D eigenvalue weighted by atomic mass is 10.3. The maximum Gasteiger partial charge on any atom is 0.220 e. The van der Waals surface area contributed by atoms with Crippen molar-refractivity contribution < 1.29 is 14.6 Å². The van der Waals surface area contributed by atoms with Crippen molar-refractivity contribution >= 4 is 5.91 Å². The molecule has 1 aromatic rings. The fraction of sp³-hybridized carbons (Fsp3) is 0.462. The van der Waals surface area contributed by atoms with Crippen molar-refractivity contribution in [2.24, 2.45) is 0 Å². The van der Waals surface area contributed by atoms with Crippen molar-refractivity contribution in [2.45, 2.75) is 25.9 Å². The average Bonchev–Trinajstić information content (AvgIpc) is 2.33. The molecule has 94 valence electrons. The summed E-state index contributed by atoms with van der Waals surface area (Å²) in [6.45, 7) is 2.46. The van der Waals surface area contributed by atoms with Gasteiger partial charge in [-0.3, -0.25) is 4.79 Å². The van der Waals surface area contributed by atoms with Crippen molar-refractivity contribution in [1.29, 1.82) is 0 Å². The number of nitrogens with one attached hydrogen (secondary N) is 1. The molecule has 1 amide bonds. The molecule has 1 unspecified atom stereocenters. The van der Waals surface area contributed by atoms with Gasteiger partial charge in [0.2, 0.25) is 5.91 Å². The zero-order chi connectivity index (χ0) is 12.5. The van der Waals surface area contributed by atoms with E-state index in [4.69, 9.17) is 9.84 Å². The van der Waals surface area contributed by atoms with Gasteiger partial charge in [0.1, 0.15) is 5.75 Å². The lowest BCUT2D eigenvalue weighted by molar-refractivity contribution is -0.121. The van der Waals surface area contributed by atoms with Crippen molar-refractivity contribution in [1.82, 2.24) is 5.32 Å². The van der Waals surface area contributed by atoms with Gasteiger partial charge in [-0.1, -0.05) is 18.2 Å². The molecule has 1 aromatic carbocycles. The molecule has 2 N–H and O–H groups in total. The Labute approximate surface area is 102 Å². The number of benzene rings is 1. The normalized spacial score (nSPS) is 11.9. The van der Waals surface area contributed by atoms with Gasteiger partial charge in [-0.25, -0.2) is 0 Å². The van der Waals surface area contributed by atoms with Crippen molar-refractivity contribution in [2.75, 3.05) is 13.2 Å². The highest BCUT2D eigenvalue weighted by atomic mass is 16.5. The molecule has 0 aliphatic carbocycles. The van der Waals surface area contributed by atoms with E-state index in [1.54, 1.807) is 6.92 Å². The Bertz CT molecular complexity index is 325. The molecule has 0 aromatic heterocycles. The zero-order valence-electron chi connectivity index (χ0n) is 10.1. The number of aliphatic hydroxyl groups excluding tert-OH is 1. The first-order chi connectivity index (χ1) is 8.18. The molecule has 0 fully saturated rings. The number of ether oxygens (including phenoxy) is 1. The summed E-state index contributed by atoms with van der Waals surface area (Å²) in [5, 5.41) is 11.6. The maximum atomic E-state index is 11.3. The number of carbonyl (C=O) groups is 1. The predicted molar refractivity (Wildman–Crippen MR) is 65.9 cm³/mol. The van der Waals surface area contributed by atoms with Crippen LogP contribution in [0.15, 0.2) is 30.3 Å². The molecule has 17 heavy (non-hydrogen) atoms. The van der Waals surface area contributed by atoms with E-state index in [1.165, 1.54) is 0 Å². The molecule has 0 aliphatic heterocycles. The molecule has 0 saturated heterocycles. The van der Waals surface area contributed by atoms with Crippen LogP contribution in [0.25, 0.3) is 0 Å². The summed E-state index contributed by atoms with van der Waals surface area (Å²) in [4.78, 5) is 11.3. The standard InChI is InChI=1S/C13H19NO3/c1-11(15)10-14-13(16)8-5-9-17-12-6-3-2-4-7-12/h2-4,6-7,11,15H,5,8-10H2,1H3,(H,14,16). The third-order valence-electron chi connectivity index (χ3n) is 2.15. The van der Waals surface area contributed by atoms with Gasteiger partial charge in [0.25, 0.3) is 0 Å². The van der Waals surface area contributed by atoms with Crippen LogP contribution in [0.5, 0.6) is 5.75 Å². The van der Waals surface area contributed by atoms with Crippen LogP contribution in [0.3, 0.4) is 0 Å². The summed E-state index contributed by atoms with van der Waals surface area (Å²) in [6.07, 6.45) is 0.583. The van der Waals surface area contributed by atoms with Crippen molar-refractivity contribution in [3.05, 3.63) is 30.3 Å². The van der Waals surface area contributed by atoms with Gasteiger partial charge in [0, 0.05) is 13.0 Å². The lowest BCUT2D eigenvalue weighted by Crippen LogP contribution is -2.30. The van der Waals surface area contributed by atoms with E-state index in [0.29, 0.717) is 26.0 Å². The maximum absolute atomic E-state index is 11.3. The van der Waals surface area contributed by atoms with E-state index in [0.717, 1.165) is 5.75 Å². The fourth-order valence-electron chi connectivity index (χ4n) is 1.29. The number of aliphatic hydroxyl groups is 1. The molecule has 1 atom stereocenters. The number of rotatable bonds is 7. The first kappa shape index (κ1) is 13.5. The molecule has 0 heterocycles. The van der Waals surface area contributed by atoms with Crippen molar-refractivity contribution in [3.8, 4) is 5.75 Å². The summed E-state index contributed by atoms with van der Waals surface area (Å²) in [5.74, 6) is 0.763. The molecule has 0 spiro atoms. The van der Waals surface area contributed by atoms with Crippen LogP contribution in [0, 0.1) is 0 Å². The van der Waals surface area contributed by atoms with Gasteiger partial charge in [-0.2, -0.15) is 0 Å². The van der Waals surface area contributed by atoms with Gasteiger partial charge < -0.3 is 15.2 Å². The van der Waals surface area contributed by atoms with Crippen LogP contribution in [0.2, 0.25) is 0 Å². The monoisotopic (exact) mass is 237 g/mol. The quantitative estimate of drug-likeness (QED) is 0.704. The Morgan fingerprint density at radius 1 is 1.41 bits per heavy atom. The number of hydrogen-bond acceptors (Lipinski definition) is 3. The van der Waals surface area contributed by atoms with Gasteiger partial charge in [-0.05, 0) is 25.5 Å². The Kier molecular flexibility index (Phi) is 6.10. The van der Waals surface area contributed by atoms with Crippen LogP contribution in [0.1, 0.15) is 19.8 Å². The largest absolute Gasteiger partial charge is 0.494 e. The van der Waals surface area contributed by atoms with Crippen LogP contribution in [-0.4, -0.2) is 30.3 Å². The third-order valence-corrected chi connectivity index (χ3v) is 2.15. The zero-order valence-corrected chi connectivity index (χ0v) is 10.1. The fourth-order valence-corrected chi connectivity index (χ4v) is 1.29. The molecule has 0 radical (unpaired) electrons. The summed E-state index contributed by atoms with van der Waals surface area (Å²) in [6, 6.07) is 9.51. The van der Waals surface area contributed by atoms with Gasteiger partial charge in [-0.15, -0.1) is 0 Å². The molecule has 1 rings (SSSR count). The smallest absolute Gasteiger partial charge is 0.220 e. The van der Waals surface area contributed by atoms with E-state index in [9.17, 15) is 4.79 Å². The Morgan fingerprint density at radius 3 is 2.76 bits per heavy atom. The minimum absolute atomic E-state index is 0.0532. The Hall–Kier alpha value is -1.55. The van der Waals surface area contributed by atoms with E-state index in [2.05, 4.69) is 5.32 Å². The molecule has 4 nitrogen and oxygen atoms in total. The van der Waals surface area contributed by atoms with Gasteiger partial charge >= 0.3 is 0 Å². The molecule has 0 aliphatic rings. The summed E-state index contributed by atoms with van der Waals surface area (Å²) in [7, 11) is 0. The molecular formula is C13H19NO3. The van der Waals surface area contributed by atoms with Crippen LogP contribution in [0.4, 0.5) is 0 Å². The minimum Gasteiger partial charge on any atom is -0.494 e. The second-order valence-electron chi connectivity index (χ2n) is 3.92. The number of amides is 1. The summed E-state index contributed by atoms with van der Waals surface area (Å²) < 4.78 is 5.45. The van der Waals surface area contributed by atoms with Crippen molar-refractivity contribution in [3.63, 3.8) is 0 Å². The second kappa shape index (κ2) is 7.68. The van der Waals surface area contributed by atoms with E-state index >= 15 is 0 Å². The Morgan fingerprint density at radius 2 is 2.12 bits per heavy atom. The van der Waals surface area contributed by atoms with Crippen LogP contribution in [-0.2, 0) is 4.79 Å². The van der Waals surface area contributed by atoms with Crippen LogP contribution >= 0.6 is 0 Å². The highest BCUT2D eigenvalue weighted by Crippen LogP contribution is 2.08. The average molecular weight is 237 g/mol. The number of carbonyl (C=O) groups excluding carboxylic acids is 1. The topological polar surface area (TPSA) is 58.6 Å². The summed E-state index contributed by atoms with van der Waals surface area (Å²) in [5.41, 5.74) is 0. The minimum atomic E-state index is -0.500. The number of hydrogen-bond donors (Lipinski definition) is 2. The lowest BCUT2D eigenvalue weighted by Gasteiger charge is -2.08. The molecule has 0 saturated carbocycles. The first-order valence-electron chi connectivity index (χ1n) is 5.81. The van der Waals surface area contributed by atoms with Gasteiger partial charge in [0.15, 0.2) is 0 Å².